The molecule has 2 aromatic rings. The van der Waals surface area contributed by atoms with Gasteiger partial charge in [0.2, 0.25) is 10.0 Å². The van der Waals surface area contributed by atoms with E-state index in [1.54, 1.807) is 25.1 Å². The maximum atomic E-state index is 13.5. The van der Waals surface area contributed by atoms with Gasteiger partial charge in [-0.05, 0) is 37.3 Å². The maximum absolute atomic E-state index is 13.5. The largest absolute Gasteiger partial charge is 0.488 e. The Labute approximate surface area is 206 Å². The minimum absolute atomic E-state index is 0.0529. The highest BCUT2D eigenvalue weighted by Gasteiger charge is 2.34. The smallest absolute Gasteiger partial charge is 0.261 e. The summed E-state index contributed by atoms with van der Waals surface area (Å²) in [6, 6.07) is 11.7. The van der Waals surface area contributed by atoms with Crippen molar-refractivity contribution < 1.29 is 31.5 Å². The topological polar surface area (TPSA) is 133 Å². The number of anilines is 1. The molecule has 1 amide bonds. The Morgan fingerprint density at radius 2 is 1.83 bits per heavy atom. The highest BCUT2D eigenvalue weighted by atomic mass is 32.2. The number of nitrogens with zero attached hydrogens (tertiary/aromatic N) is 2. The summed E-state index contributed by atoms with van der Waals surface area (Å²) in [7, 11) is -5.91. The monoisotopic (exact) mass is 525 g/mol. The van der Waals surface area contributed by atoms with Crippen LogP contribution >= 0.6 is 0 Å². The fourth-order valence-electron chi connectivity index (χ4n) is 3.71. The molecule has 0 radical (unpaired) electrons. The number of hydrogen-bond acceptors (Lipinski definition) is 7. The standard InChI is InChI=1S/C23H31N3O7S2/c1-16-13-26(17(2)15-27)23(28)20-12-18(24-35(31,32)19-8-6-5-7-9-19)10-11-21(20)33-22(16)14-25(3)34(4,29)30/h5-12,16-17,22,24,27H,13-15H2,1-4H3/t16-,17+,22-/m0/s1. The van der Waals surface area contributed by atoms with Crippen molar-refractivity contribution in [2.75, 3.05) is 37.7 Å². The number of amides is 1. The Kier molecular flexibility index (Phi) is 8.10. The molecule has 0 bridgehead atoms. The van der Waals surface area contributed by atoms with Crippen molar-refractivity contribution in [3.05, 3.63) is 54.1 Å². The molecule has 2 N–H and O–H groups in total. The second-order valence-electron chi connectivity index (χ2n) is 8.80. The summed E-state index contributed by atoms with van der Waals surface area (Å²) in [5, 5.41) is 9.75. The zero-order chi connectivity index (χ0) is 26.0. The number of likely N-dealkylation sites (N-methyl/N-ethyl adjacent to an activating group) is 1. The number of carbonyl (C=O) groups is 1. The Balaban J connectivity index is 2.02. The van der Waals surface area contributed by atoms with Crippen molar-refractivity contribution in [2.45, 2.75) is 30.9 Å². The number of carbonyl (C=O) groups excluding carboxylic acids is 1. The van der Waals surface area contributed by atoms with Gasteiger partial charge in [-0.2, -0.15) is 0 Å². The molecular formula is C23H31N3O7S2. The lowest BCUT2D eigenvalue weighted by molar-refractivity contribution is 0.0387. The summed E-state index contributed by atoms with van der Waals surface area (Å²) >= 11 is 0. The van der Waals surface area contributed by atoms with Crippen LogP contribution in [0.15, 0.2) is 53.4 Å². The molecule has 192 valence electrons. The summed E-state index contributed by atoms with van der Waals surface area (Å²) in [5.74, 6) is -0.489. The van der Waals surface area contributed by atoms with Crippen LogP contribution in [-0.4, -0.2) is 82.2 Å². The lowest BCUT2D eigenvalue weighted by atomic mass is 9.99. The molecule has 1 aliphatic rings. The molecule has 35 heavy (non-hydrogen) atoms. The van der Waals surface area contributed by atoms with E-state index in [1.807, 2.05) is 6.92 Å². The summed E-state index contributed by atoms with van der Waals surface area (Å²) < 4.78 is 59.3. The Hall–Kier alpha value is -2.67. The summed E-state index contributed by atoms with van der Waals surface area (Å²) in [6.07, 6.45) is 0.505. The molecule has 0 spiro atoms. The van der Waals surface area contributed by atoms with Gasteiger partial charge in [-0.3, -0.25) is 9.52 Å². The van der Waals surface area contributed by atoms with Crippen molar-refractivity contribution in [1.82, 2.24) is 9.21 Å². The van der Waals surface area contributed by atoms with E-state index in [2.05, 4.69) is 4.72 Å². The van der Waals surface area contributed by atoms with Crippen molar-refractivity contribution in [1.29, 1.82) is 0 Å². The molecule has 12 heteroatoms. The van der Waals surface area contributed by atoms with Gasteiger partial charge in [0.05, 0.1) is 35.9 Å². The fraction of sp³-hybridized carbons (Fsp3) is 0.435. The van der Waals surface area contributed by atoms with Gasteiger partial charge in [0.15, 0.2) is 0 Å². The average molecular weight is 526 g/mol. The quantitative estimate of drug-likeness (QED) is 0.535. The van der Waals surface area contributed by atoms with Gasteiger partial charge in [0.1, 0.15) is 11.9 Å². The Morgan fingerprint density at radius 1 is 1.17 bits per heavy atom. The van der Waals surface area contributed by atoms with E-state index in [9.17, 15) is 26.7 Å². The van der Waals surface area contributed by atoms with Crippen molar-refractivity contribution in [3.63, 3.8) is 0 Å². The minimum atomic E-state index is -3.89. The third-order valence-corrected chi connectivity index (χ3v) is 8.65. The molecule has 0 saturated carbocycles. The van der Waals surface area contributed by atoms with Gasteiger partial charge < -0.3 is 14.7 Å². The van der Waals surface area contributed by atoms with Crippen LogP contribution in [0.25, 0.3) is 0 Å². The van der Waals surface area contributed by atoms with Crippen LogP contribution in [0.3, 0.4) is 0 Å². The predicted molar refractivity (Wildman–Crippen MR) is 132 cm³/mol. The molecular weight excluding hydrogens is 494 g/mol. The summed E-state index contributed by atoms with van der Waals surface area (Å²) in [6.45, 7) is 3.54. The second-order valence-corrected chi connectivity index (χ2v) is 12.6. The van der Waals surface area contributed by atoms with E-state index in [4.69, 9.17) is 4.74 Å². The van der Waals surface area contributed by atoms with Gasteiger partial charge in [-0.15, -0.1) is 0 Å². The number of aliphatic hydroxyl groups excluding tert-OH is 1. The van der Waals surface area contributed by atoms with E-state index in [1.165, 1.54) is 46.6 Å². The highest BCUT2D eigenvalue weighted by molar-refractivity contribution is 7.92. The zero-order valence-electron chi connectivity index (χ0n) is 20.1. The van der Waals surface area contributed by atoms with Gasteiger partial charge in [0, 0.05) is 25.2 Å². The Morgan fingerprint density at radius 3 is 2.43 bits per heavy atom. The van der Waals surface area contributed by atoms with Gasteiger partial charge >= 0.3 is 0 Å². The minimum Gasteiger partial charge on any atom is -0.488 e. The molecule has 0 unspecified atom stereocenters. The Bertz CT molecular complexity index is 1270. The van der Waals surface area contributed by atoms with Gasteiger partial charge in [-0.25, -0.2) is 21.1 Å². The first kappa shape index (κ1) is 26.9. The molecule has 0 saturated heterocycles. The van der Waals surface area contributed by atoms with Gasteiger partial charge in [-0.1, -0.05) is 25.1 Å². The van der Waals surface area contributed by atoms with Gasteiger partial charge in [0.25, 0.3) is 15.9 Å². The summed E-state index contributed by atoms with van der Waals surface area (Å²) in [4.78, 5) is 15.0. The molecule has 3 rings (SSSR count). The van der Waals surface area contributed by atoms with Crippen LogP contribution in [0.5, 0.6) is 5.75 Å². The number of nitrogens with one attached hydrogen (secondary N) is 1. The number of hydrogen-bond donors (Lipinski definition) is 2. The molecule has 1 aliphatic heterocycles. The highest BCUT2D eigenvalue weighted by Crippen LogP contribution is 2.31. The number of fused-ring (bicyclic) bond motifs is 1. The molecule has 0 fully saturated rings. The molecule has 0 aromatic heterocycles. The molecule has 3 atom stereocenters. The molecule has 0 aliphatic carbocycles. The van der Waals surface area contributed by atoms with Crippen LogP contribution < -0.4 is 9.46 Å². The molecule has 2 aromatic carbocycles. The number of sulfonamides is 2. The van der Waals surface area contributed by atoms with E-state index < -0.39 is 38.1 Å². The van der Waals surface area contributed by atoms with E-state index in [-0.39, 0.29) is 47.5 Å². The maximum Gasteiger partial charge on any atom is 0.261 e. The van der Waals surface area contributed by atoms with Crippen LogP contribution in [0, 0.1) is 5.92 Å². The zero-order valence-corrected chi connectivity index (χ0v) is 21.7. The number of ether oxygens (including phenoxy) is 1. The SMILES string of the molecule is C[C@H](CO)N1C[C@H](C)[C@H](CN(C)S(C)(=O)=O)Oc2ccc(NS(=O)(=O)c3ccccc3)cc2C1=O. The lowest BCUT2D eigenvalue weighted by Crippen LogP contribution is -2.50. The third-order valence-electron chi connectivity index (χ3n) is 5.97. The third kappa shape index (κ3) is 6.31. The van der Waals surface area contributed by atoms with Crippen LogP contribution in [0.4, 0.5) is 5.69 Å². The number of rotatable bonds is 8. The predicted octanol–water partition coefficient (Wildman–Crippen LogP) is 1.60. The van der Waals surface area contributed by atoms with Crippen LogP contribution in [0.1, 0.15) is 24.2 Å². The summed E-state index contributed by atoms with van der Waals surface area (Å²) in [5.41, 5.74) is 0.275. The lowest BCUT2D eigenvalue weighted by Gasteiger charge is -2.38. The van der Waals surface area contributed by atoms with Crippen LogP contribution in [-0.2, 0) is 20.0 Å². The van der Waals surface area contributed by atoms with E-state index in [0.29, 0.717) is 0 Å². The fourth-order valence-corrected chi connectivity index (χ4v) is 5.19. The first-order chi connectivity index (χ1) is 16.3. The van der Waals surface area contributed by atoms with Crippen molar-refractivity contribution >= 4 is 31.6 Å². The molecule has 10 nitrogen and oxygen atoms in total. The first-order valence-corrected chi connectivity index (χ1v) is 14.4. The second kappa shape index (κ2) is 10.5. The normalized spacial score (nSPS) is 19.9. The average Bonchev–Trinajstić information content (AvgIpc) is 2.81. The van der Waals surface area contributed by atoms with Crippen molar-refractivity contribution in [3.8, 4) is 5.75 Å². The first-order valence-electron chi connectivity index (χ1n) is 11.0. The van der Waals surface area contributed by atoms with E-state index >= 15 is 0 Å². The number of benzene rings is 2. The van der Waals surface area contributed by atoms with Crippen molar-refractivity contribution in [2.24, 2.45) is 5.92 Å². The van der Waals surface area contributed by atoms with E-state index in [0.717, 1.165) is 6.26 Å². The van der Waals surface area contributed by atoms with Crippen LogP contribution in [0.2, 0.25) is 0 Å². The number of aliphatic hydroxyl groups is 1. The molecule has 1 heterocycles.